The van der Waals surface area contributed by atoms with Gasteiger partial charge in [0.05, 0.1) is 29.1 Å². The summed E-state index contributed by atoms with van der Waals surface area (Å²) >= 11 is 5.76. The fraction of sp³-hybridized carbons (Fsp3) is 0.0909. The molecule has 0 amide bonds. The third-order valence-electron chi connectivity index (χ3n) is 2.16. The first-order valence-corrected chi connectivity index (χ1v) is 4.97. The molecule has 5 heteroatoms. The van der Waals surface area contributed by atoms with E-state index in [4.69, 9.17) is 22.0 Å². The van der Waals surface area contributed by atoms with Crippen molar-refractivity contribution in [1.29, 1.82) is 5.26 Å². The molecule has 1 aromatic heterocycles. The first-order valence-electron chi connectivity index (χ1n) is 4.59. The molecule has 1 heterocycles. The van der Waals surface area contributed by atoms with Crippen LogP contribution in [0.15, 0.2) is 30.6 Å². The molecule has 2 aromatic rings. The first-order chi connectivity index (χ1) is 7.74. The molecule has 0 aliphatic carbocycles. The van der Waals surface area contributed by atoms with Gasteiger partial charge < -0.3 is 5.11 Å². The summed E-state index contributed by atoms with van der Waals surface area (Å²) in [5, 5.41) is 22.5. The van der Waals surface area contributed by atoms with Crippen LogP contribution in [0.5, 0.6) is 0 Å². The van der Waals surface area contributed by atoms with Crippen molar-refractivity contribution < 1.29 is 5.11 Å². The van der Waals surface area contributed by atoms with E-state index >= 15 is 0 Å². The maximum atomic E-state index is 9.00. The highest BCUT2D eigenvalue weighted by Crippen LogP contribution is 2.17. The number of aromatic nitrogens is 2. The number of aliphatic hydroxyl groups excluding tert-OH is 1. The van der Waals surface area contributed by atoms with Crippen LogP contribution < -0.4 is 0 Å². The lowest BCUT2D eigenvalue weighted by Gasteiger charge is -2.05. The van der Waals surface area contributed by atoms with E-state index in [0.29, 0.717) is 21.8 Å². The highest BCUT2D eigenvalue weighted by Gasteiger charge is 2.06. The maximum absolute atomic E-state index is 9.00. The minimum absolute atomic E-state index is 0.0885. The number of nitriles is 1. The quantitative estimate of drug-likeness (QED) is 0.862. The summed E-state index contributed by atoms with van der Waals surface area (Å²) in [5.41, 5.74) is 1.79. The van der Waals surface area contributed by atoms with Gasteiger partial charge in [0.1, 0.15) is 6.07 Å². The maximum Gasteiger partial charge on any atom is 0.101 e. The monoisotopic (exact) mass is 233 g/mol. The Morgan fingerprint density at radius 3 is 2.88 bits per heavy atom. The molecular weight excluding hydrogens is 226 g/mol. The van der Waals surface area contributed by atoms with Crippen LogP contribution in [0.3, 0.4) is 0 Å². The molecule has 0 unspecified atom stereocenters. The number of hydrogen-bond acceptors (Lipinski definition) is 3. The zero-order valence-corrected chi connectivity index (χ0v) is 9.02. The zero-order valence-electron chi connectivity index (χ0n) is 8.26. The molecule has 80 valence electrons. The van der Waals surface area contributed by atoms with Crippen LogP contribution in [0.1, 0.15) is 11.1 Å². The van der Waals surface area contributed by atoms with E-state index in [9.17, 15) is 0 Å². The minimum atomic E-state index is -0.0885. The van der Waals surface area contributed by atoms with Crippen molar-refractivity contribution in [3.05, 3.63) is 46.7 Å². The molecule has 0 aliphatic heterocycles. The molecule has 0 saturated heterocycles. The highest BCUT2D eigenvalue weighted by atomic mass is 35.5. The average Bonchev–Trinajstić information content (AvgIpc) is 2.74. The Bertz CT molecular complexity index is 557. The van der Waals surface area contributed by atoms with Gasteiger partial charge >= 0.3 is 0 Å². The Labute approximate surface area is 97.3 Å². The van der Waals surface area contributed by atoms with Crippen molar-refractivity contribution in [2.75, 3.05) is 0 Å². The van der Waals surface area contributed by atoms with E-state index in [2.05, 4.69) is 11.2 Å². The van der Waals surface area contributed by atoms with Crippen molar-refractivity contribution >= 4 is 11.6 Å². The van der Waals surface area contributed by atoms with Crippen molar-refractivity contribution in [1.82, 2.24) is 9.78 Å². The molecule has 0 spiro atoms. The average molecular weight is 234 g/mol. The van der Waals surface area contributed by atoms with Gasteiger partial charge in [-0.25, -0.2) is 4.68 Å². The summed E-state index contributed by atoms with van der Waals surface area (Å²) in [5.74, 6) is 0. The third-order valence-corrected chi connectivity index (χ3v) is 2.36. The van der Waals surface area contributed by atoms with Gasteiger partial charge in [-0.05, 0) is 17.7 Å². The van der Waals surface area contributed by atoms with Gasteiger partial charge in [0.2, 0.25) is 0 Å². The number of halogens is 1. The molecule has 1 N–H and O–H groups in total. The summed E-state index contributed by atoms with van der Waals surface area (Å²) in [6.07, 6.45) is 3.12. The van der Waals surface area contributed by atoms with Gasteiger partial charge in [-0.2, -0.15) is 10.4 Å². The van der Waals surface area contributed by atoms with Gasteiger partial charge in [-0.3, -0.25) is 0 Å². The smallest absolute Gasteiger partial charge is 0.101 e. The fourth-order valence-electron chi connectivity index (χ4n) is 1.40. The van der Waals surface area contributed by atoms with Crippen LogP contribution in [-0.4, -0.2) is 14.9 Å². The van der Waals surface area contributed by atoms with E-state index in [0.717, 1.165) is 0 Å². The molecule has 1 aromatic carbocycles. The Morgan fingerprint density at radius 1 is 1.50 bits per heavy atom. The van der Waals surface area contributed by atoms with Crippen LogP contribution in [0, 0.1) is 11.3 Å². The topological polar surface area (TPSA) is 61.8 Å². The molecule has 2 rings (SSSR count). The number of hydrogen-bond donors (Lipinski definition) is 1. The predicted molar refractivity (Wildman–Crippen MR) is 59.2 cm³/mol. The Balaban J connectivity index is 2.53. The van der Waals surface area contributed by atoms with Gasteiger partial charge in [0, 0.05) is 6.20 Å². The third kappa shape index (κ3) is 1.91. The second-order valence-corrected chi connectivity index (χ2v) is 3.66. The summed E-state index contributed by atoms with van der Waals surface area (Å²) < 4.78 is 1.53. The number of rotatable bonds is 2. The molecule has 0 bridgehead atoms. The largest absolute Gasteiger partial charge is 0.392 e. The van der Waals surface area contributed by atoms with Gasteiger partial charge in [0.25, 0.3) is 0 Å². The van der Waals surface area contributed by atoms with Crippen LogP contribution >= 0.6 is 11.6 Å². The summed E-state index contributed by atoms with van der Waals surface area (Å²) in [6, 6.07) is 7.16. The second-order valence-electron chi connectivity index (χ2n) is 3.22. The normalized spacial score (nSPS) is 10.1. The Kier molecular flexibility index (Phi) is 2.91. The Hall–Kier alpha value is -1.83. The van der Waals surface area contributed by atoms with Crippen LogP contribution in [0.25, 0.3) is 5.69 Å². The molecule has 0 aliphatic rings. The zero-order chi connectivity index (χ0) is 11.5. The summed E-state index contributed by atoms with van der Waals surface area (Å²) in [4.78, 5) is 0. The van der Waals surface area contributed by atoms with Crippen LogP contribution in [0.4, 0.5) is 0 Å². The molecule has 0 radical (unpaired) electrons. The number of benzene rings is 1. The van der Waals surface area contributed by atoms with Gasteiger partial charge in [0.15, 0.2) is 0 Å². The second kappa shape index (κ2) is 4.35. The van der Waals surface area contributed by atoms with E-state index < -0.39 is 0 Å². The fourth-order valence-corrected chi connectivity index (χ4v) is 1.54. The molecule has 16 heavy (non-hydrogen) atoms. The highest BCUT2D eigenvalue weighted by molar-refractivity contribution is 6.30. The van der Waals surface area contributed by atoms with Gasteiger partial charge in [-0.1, -0.05) is 17.7 Å². The van der Waals surface area contributed by atoms with Crippen LogP contribution in [-0.2, 0) is 6.61 Å². The van der Waals surface area contributed by atoms with E-state index in [-0.39, 0.29) is 6.61 Å². The molecule has 4 nitrogen and oxygen atoms in total. The minimum Gasteiger partial charge on any atom is -0.392 e. The van der Waals surface area contributed by atoms with Gasteiger partial charge in [-0.15, -0.1) is 0 Å². The lowest BCUT2D eigenvalue weighted by molar-refractivity contribution is 0.282. The lowest BCUT2D eigenvalue weighted by Crippen LogP contribution is -1.99. The van der Waals surface area contributed by atoms with E-state index in [1.165, 1.54) is 10.9 Å². The summed E-state index contributed by atoms with van der Waals surface area (Å²) in [7, 11) is 0. The van der Waals surface area contributed by atoms with E-state index in [1.54, 1.807) is 24.4 Å². The molecular formula is C11H8ClN3O. The molecule has 0 atom stereocenters. The van der Waals surface area contributed by atoms with Crippen molar-refractivity contribution in [2.24, 2.45) is 0 Å². The predicted octanol–water partition coefficient (Wildman–Crippen LogP) is 1.89. The number of nitrogens with zero attached hydrogens (tertiary/aromatic N) is 3. The van der Waals surface area contributed by atoms with Crippen molar-refractivity contribution in [2.45, 2.75) is 6.61 Å². The standard InChI is InChI=1S/C11H8ClN3O/c12-10-5-14-15(6-10)11-2-1-8(7-16)3-9(11)4-13/h1-3,5-6,16H,7H2. The molecule has 0 saturated carbocycles. The van der Waals surface area contributed by atoms with E-state index in [1.807, 2.05) is 0 Å². The lowest BCUT2D eigenvalue weighted by atomic mass is 10.1. The van der Waals surface area contributed by atoms with Crippen LogP contribution in [0.2, 0.25) is 5.02 Å². The van der Waals surface area contributed by atoms with Crippen molar-refractivity contribution in [3.63, 3.8) is 0 Å². The molecule has 0 fully saturated rings. The number of aliphatic hydroxyl groups is 1. The summed E-state index contributed by atoms with van der Waals surface area (Å²) in [6.45, 7) is -0.0885. The van der Waals surface area contributed by atoms with Crippen molar-refractivity contribution in [3.8, 4) is 11.8 Å². The SMILES string of the molecule is N#Cc1cc(CO)ccc1-n1cc(Cl)cn1. The first kappa shape index (κ1) is 10.7. The Morgan fingerprint density at radius 2 is 2.31 bits per heavy atom.